The lowest BCUT2D eigenvalue weighted by molar-refractivity contribution is 0.254. The SMILES string of the molecule is CCC(C)N(C)CCNC(=NC)N1CCC(C)(C)C1. The molecule has 1 N–H and O–H groups in total. The van der Waals surface area contributed by atoms with Gasteiger partial charge in [0, 0.05) is 39.3 Å². The molecule has 1 rings (SSSR count). The van der Waals surface area contributed by atoms with Crippen LogP contribution in [0.4, 0.5) is 0 Å². The van der Waals surface area contributed by atoms with Gasteiger partial charge < -0.3 is 15.1 Å². The Labute approximate surface area is 119 Å². The number of guanidine groups is 1. The molecule has 19 heavy (non-hydrogen) atoms. The molecule has 0 saturated carbocycles. The van der Waals surface area contributed by atoms with Crippen LogP contribution < -0.4 is 5.32 Å². The summed E-state index contributed by atoms with van der Waals surface area (Å²) in [6, 6.07) is 0.648. The summed E-state index contributed by atoms with van der Waals surface area (Å²) in [6.45, 7) is 13.4. The van der Waals surface area contributed by atoms with Crippen molar-refractivity contribution in [1.29, 1.82) is 0 Å². The summed E-state index contributed by atoms with van der Waals surface area (Å²) in [5.74, 6) is 1.06. The molecule has 0 aromatic carbocycles. The first-order valence-corrected chi connectivity index (χ1v) is 7.55. The molecule has 0 spiro atoms. The van der Waals surface area contributed by atoms with Gasteiger partial charge in [0.25, 0.3) is 0 Å². The van der Waals surface area contributed by atoms with Crippen molar-refractivity contribution in [3.8, 4) is 0 Å². The van der Waals surface area contributed by atoms with Crippen molar-refractivity contribution < 1.29 is 0 Å². The Morgan fingerprint density at radius 3 is 2.63 bits per heavy atom. The topological polar surface area (TPSA) is 30.9 Å². The summed E-state index contributed by atoms with van der Waals surface area (Å²) < 4.78 is 0. The number of likely N-dealkylation sites (N-methyl/N-ethyl adjacent to an activating group) is 1. The lowest BCUT2D eigenvalue weighted by atomic mass is 9.93. The van der Waals surface area contributed by atoms with Crippen molar-refractivity contribution in [3.05, 3.63) is 0 Å². The molecule has 0 aromatic rings. The van der Waals surface area contributed by atoms with Crippen LogP contribution in [-0.4, -0.2) is 62.1 Å². The van der Waals surface area contributed by atoms with E-state index in [-0.39, 0.29) is 0 Å². The predicted octanol–water partition coefficient (Wildman–Crippen LogP) is 2.02. The number of rotatable bonds is 5. The highest BCUT2D eigenvalue weighted by Crippen LogP contribution is 2.28. The monoisotopic (exact) mass is 268 g/mol. The van der Waals surface area contributed by atoms with Crippen molar-refractivity contribution in [2.45, 2.75) is 46.6 Å². The maximum atomic E-state index is 4.41. The van der Waals surface area contributed by atoms with E-state index < -0.39 is 0 Å². The number of likely N-dealkylation sites (tertiary alicyclic amines) is 1. The van der Waals surface area contributed by atoms with Gasteiger partial charge in [-0.2, -0.15) is 0 Å². The van der Waals surface area contributed by atoms with E-state index in [9.17, 15) is 0 Å². The number of nitrogens with zero attached hydrogens (tertiary/aromatic N) is 3. The smallest absolute Gasteiger partial charge is 0.193 e. The van der Waals surface area contributed by atoms with E-state index in [1.165, 1.54) is 12.8 Å². The third-order valence-electron chi connectivity index (χ3n) is 4.28. The fourth-order valence-corrected chi connectivity index (χ4v) is 2.50. The molecule has 0 aliphatic carbocycles. The molecule has 0 bridgehead atoms. The largest absolute Gasteiger partial charge is 0.355 e. The fraction of sp³-hybridized carbons (Fsp3) is 0.933. The number of aliphatic imine (C=N–C) groups is 1. The van der Waals surface area contributed by atoms with Crippen LogP contribution in [0.25, 0.3) is 0 Å². The summed E-state index contributed by atoms with van der Waals surface area (Å²) in [7, 11) is 4.07. The van der Waals surface area contributed by atoms with Crippen molar-refractivity contribution in [2.75, 3.05) is 40.3 Å². The van der Waals surface area contributed by atoms with Gasteiger partial charge in [-0.15, -0.1) is 0 Å². The molecule has 112 valence electrons. The zero-order valence-corrected chi connectivity index (χ0v) is 13.7. The van der Waals surface area contributed by atoms with E-state index in [0.717, 1.165) is 32.1 Å². The molecule has 0 amide bonds. The van der Waals surface area contributed by atoms with Gasteiger partial charge in [0.05, 0.1) is 0 Å². The van der Waals surface area contributed by atoms with Crippen molar-refractivity contribution in [2.24, 2.45) is 10.4 Å². The summed E-state index contributed by atoms with van der Waals surface area (Å²) in [5, 5.41) is 3.49. The first-order valence-electron chi connectivity index (χ1n) is 7.55. The molecule has 1 saturated heterocycles. The molecule has 1 atom stereocenters. The Bertz CT molecular complexity index is 299. The van der Waals surface area contributed by atoms with Gasteiger partial charge in [-0.25, -0.2) is 0 Å². The lowest BCUT2D eigenvalue weighted by Gasteiger charge is -2.26. The van der Waals surface area contributed by atoms with Crippen LogP contribution >= 0.6 is 0 Å². The molecular weight excluding hydrogens is 236 g/mol. The van der Waals surface area contributed by atoms with Crippen molar-refractivity contribution in [1.82, 2.24) is 15.1 Å². The highest BCUT2D eigenvalue weighted by Gasteiger charge is 2.30. The Hall–Kier alpha value is -0.770. The van der Waals surface area contributed by atoms with Crippen molar-refractivity contribution >= 4 is 5.96 Å². The molecule has 4 nitrogen and oxygen atoms in total. The molecule has 0 aromatic heterocycles. The van der Waals surface area contributed by atoms with E-state index >= 15 is 0 Å². The van der Waals surface area contributed by atoms with Gasteiger partial charge in [-0.1, -0.05) is 20.8 Å². The van der Waals surface area contributed by atoms with Gasteiger partial charge >= 0.3 is 0 Å². The minimum absolute atomic E-state index is 0.422. The zero-order chi connectivity index (χ0) is 14.5. The van der Waals surface area contributed by atoms with Crippen LogP contribution in [0.2, 0.25) is 0 Å². The highest BCUT2D eigenvalue weighted by atomic mass is 15.3. The highest BCUT2D eigenvalue weighted by molar-refractivity contribution is 5.80. The maximum absolute atomic E-state index is 4.41. The third kappa shape index (κ3) is 5.01. The van der Waals surface area contributed by atoms with Gasteiger partial charge in [-0.3, -0.25) is 4.99 Å². The molecule has 1 aliphatic rings. The lowest BCUT2D eigenvalue weighted by Crippen LogP contribution is -2.44. The van der Waals surface area contributed by atoms with Gasteiger partial charge in [0.2, 0.25) is 0 Å². The van der Waals surface area contributed by atoms with E-state index in [2.05, 4.69) is 54.9 Å². The number of hydrogen-bond donors (Lipinski definition) is 1. The average molecular weight is 268 g/mol. The molecule has 4 heteroatoms. The zero-order valence-electron chi connectivity index (χ0n) is 13.7. The van der Waals surface area contributed by atoms with Crippen LogP contribution in [0.5, 0.6) is 0 Å². The van der Waals surface area contributed by atoms with Gasteiger partial charge in [0.1, 0.15) is 0 Å². The van der Waals surface area contributed by atoms with Crippen LogP contribution in [-0.2, 0) is 0 Å². The Kier molecular flexibility index (Phi) is 6.11. The summed E-state index contributed by atoms with van der Waals surface area (Å²) >= 11 is 0. The second kappa shape index (κ2) is 7.13. The maximum Gasteiger partial charge on any atom is 0.193 e. The molecule has 1 heterocycles. The van der Waals surface area contributed by atoms with E-state index in [4.69, 9.17) is 0 Å². The molecule has 1 unspecified atom stereocenters. The molecule has 1 aliphatic heterocycles. The second-order valence-electron chi connectivity index (χ2n) is 6.55. The van der Waals surface area contributed by atoms with Crippen LogP contribution in [0.15, 0.2) is 4.99 Å². The first kappa shape index (κ1) is 16.3. The van der Waals surface area contributed by atoms with Crippen LogP contribution in [0.1, 0.15) is 40.5 Å². The normalized spacial score (nSPS) is 21.0. The third-order valence-corrected chi connectivity index (χ3v) is 4.28. The van der Waals surface area contributed by atoms with Crippen molar-refractivity contribution in [3.63, 3.8) is 0 Å². The van der Waals surface area contributed by atoms with E-state index in [0.29, 0.717) is 11.5 Å². The average Bonchev–Trinajstić information content (AvgIpc) is 2.73. The van der Waals surface area contributed by atoms with Gasteiger partial charge in [-0.05, 0) is 32.2 Å². The minimum atomic E-state index is 0.422. The van der Waals surface area contributed by atoms with E-state index in [1.807, 2.05) is 7.05 Å². The van der Waals surface area contributed by atoms with Crippen LogP contribution in [0, 0.1) is 5.41 Å². The summed E-state index contributed by atoms with van der Waals surface area (Å²) in [5.41, 5.74) is 0.422. The molecular formula is C15H32N4. The first-order chi connectivity index (χ1) is 8.89. The fourth-order valence-electron chi connectivity index (χ4n) is 2.50. The molecule has 0 radical (unpaired) electrons. The van der Waals surface area contributed by atoms with Gasteiger partial charge in [0.15, 0.2) is 5.96 Å². The summed E-state index contributed by atoms with van der Waals surface area (Å²) in [6.07, 6.45) is 2.45. The van der Waals surface area contributed by atoms with Crippen LogP contribution in [0.3, 0.4) is 0 Å². The Morgan fingerprint density at radius 1 is 1.47 bits per heavy atom. The number of nitrogens with one attached hydrogen (secondary N) is 1. The predicted molar refractivity (Wildman–Crippen MR) is 83.7 cm³/mol. The standard InChI is InChI=1S/C15H32N4/c1-7-13(2)18(6)11-9-17-14(16-5)19-10-8-15(3,4)12-19/h13H,7-12H2,1-6H3,(H,16,17). The second-order valence-corrected chi connectivity index (χ2v) is 6.55. The Morgan fingerprint density at radius 2 is 2.16 bits per heavy atom. The quantitative estimate of drug-likeness (QED) is 0.611. The van der Waals surface area contributed by atoms with E-state index in [1.54, 1.807) is 0 Å². The number of hydrogen-bond acceptors (Lipinski definition) is 2. The Balaban J connectivity index is 2.35. The minimum Gasteiger partial charge on any atom is -0.355 e. The molecule has 1 fully saturated rings. The summed E-state index contributed by atoms with van der Waals surface area (Å²) in [4.78, 5) is 9.19.